The van der Waals surface area contributed by atoms with Crippen molar-refractivity contribution in [1.29, 1.82) is 0 Å². The third-order valence-corrected chi connectivity index (χ3v) is 3.94. The van der Waals surface area contributed by atoms with E-state index in [0.717, 1.165) is 5.75 Å². The molecule has 1 saturated heterocycles. The Bertz CT molecular complexity index is 503. The number of amides is 1. The van der Waals surface area contributed by atoms with Gasteiger partial charge >= 0.3 is 0 Å². The maximum absolute atomic E-state index is 12.4. The molecule has 1 atom stereocenters. The standard InChI is InChI=1S/C16H22N2O3/c1-11(17)16(20)18-9-7-13(8-10-18)15(19)12-3-5-14(21-2)6-4-12/h3-6,11,13H,7-10,17H2,1-2H3/t11-/m1/s1. The quantitative estimate of drug-likeness (QED) is 0.852. The highest BCUT2D eigenvalue weighted by Gasteiger charge is 2.28. The van der Waals surface area contributed by atoms with Crippen LogP contribution in [0, 0.1) is 5.92 Å². The second-order valence-electron chi connectivity index (χ2n) is 5.48. The maximum Gasteiger partial charge on any atom is 0.239 e. The summed E-state index contributed by atoms with van der Waals surface area (Å²) in [5.41, 5.74) is 6.31. The number of hydrogen-bond donors (Lipinski definition) is 1. The van der Waals surface area contributed by atoms with Crippen molar-refractivity contribution >= 4 is 11.7 Å². The first-order valence-corrected chi connectivity index (χ1v) is 7.25. The predicted octanol–water partition coefficient (Wildman–Crippen LogP) is 1.46. The van der Waals surface area contributed by atoms with Crippen molar-refractivity contribution < 1.29 is 14.3 Å². The van der Waals surface area contributed by atoms with Crippen LogP contribution in [0.25, 0.3) is 0 Å². The summed E-state index contributed by atoms with van der Waals surface area (Å²) in [6.45, 7) is 2.90. The number of hydrogen-bond acceptors (Lipinski definition) is 4. The van der Waals surface area contributed by atoms with Gasteiger partial charge in [0.15, 0.2) is 5.78 Å². The molecule has 1 fully saturated rings. The normalized spacial score (nSPS) is 17.4. The lowest BCUT2D eigenvalue weighted by Crippen LogP contribution is -2.46. The number of Topliss-reactive ketones (excluding diaryl/α,β-unsaturated/α-hetero) is 1. The highest BCUT2D eigenvalue weighted by molar-refractivity contribution is 5.98. The molecular weight excluding hydrogens is 268 g/mol. The molecule has 0 saturated carbocycles. The Kier molecular flexibility index (Phi) is 4.96. The Morgan fingerprint density at radius 2 is 1.81 bits per heavy atom. The van der Waals surface area contributed by atoms with E-state index in [1.165, 1.54) is 0 Å². The molecule has 1 aromatic carbocycles. The topological polar surface area (TPSA) is 72.6 Å². The number of methoxy groups -OCH3 is 1. The van der Waals surface area contributed by atoms with E-state index in [4.69, 9.17) is 10.5 Å². The molecule has 2 N–H and O–H groups in total. The Hall–Kier alpha value is -1.88. The average Bonchev–Trinajstić information content (AvgIpc) is 2.53. The molecule has 1 amide bonds. The first-order chi connectivity index (χ1) is 10.0. The Morgan fingerprint density at radius 1 is 1.24 bits per heavy atom. The minimum absolute atomic E-state index is 0.0180. The zero-order valence-electron chi connectivity index (χ0n) is 12.5. The minimum atomic E-state index is -0.473. The molecule has 21 heavy (non-hydrogen) atoms. The van der Waals surface area contributed by atoms with Crippen molar-refractivity contribution in [2.75, 3.05) is 20.2 Å². The zero-order valence-corrected chi connectivity index (χ0v) is 12.5. The van der Waals surface area contributed by atoms with Crippen molar-refractivity contribution in [1.82, 2.24) is 4.90 Å². The van der Waals surface area contributed by atoms with Crippen LogP contribution >= 0.6 is 0 Å². The number of ether oxygens (including phenoxy) is 1. The number of ketones is 1. The minimum Gasteiger partial charge on any atom is -0.497 e. The van der Waals surface area contributed by atoms with Gasteiger partial charge in [-0.25, -0.2) is 0 Å². The summed E-state index contributed by atoms with van der Waals surface area (Å²) in [4.78, 5) is 26.0. The van der Waals surface area contributed by atoms with E-state index >= 15 is 0 Å². The van der Waals surface area contributed by atoms with Crippen LogP contribution in [0.4, 0.5) is 0 Å². The largest absolute Gasteiger partial charge is 0.497 e. The summed E-state index contributed by atoms with van der Waals surface area (Å²) in [5.74, 6) is 0.829. The van der Waals surface area contributed by atoms with Gasteiger partial charge in [0.2, 0.25) is 5.91 Å². The summed E-state index contributed by atoms with van der Waals surface area (Å²) in [6, 6.07) is 6.70. The number of benzene rings is 1. The van der Waals surface area contributed by atoms with Crippen LogP contribution in [-0.2, 0) is 4.79 Å². The average molecular weight is 290 g/mol. The second kappa shape index (κ2) is 6.72. The summed E-state index contributed by atoms with van der Waals surface area (Å²) < 4.78 is 5.09. The van der Waals surface area contributed by atoms with Crippen molar-refractivity contribution in [2.45, 2.75) is 25.8 Å². The van der Waals surface area contributed by atoms with E-state index in [1.807, 2.05) is 0 Å². The number of rotatable bonds is 4. The van der Waals surface area contributed by atoms with Crippen LogP contribution in [0.1, 0.15) is 30.1 Å². The molecule has 0 aliphatic carbocycles. The Labute approximate surface area is 125 Å². The SMILES string of the molecule is COc1ccc(C(=O)C2CCN(C(=O)[C@@H](C)N)CC2)cc1. The summed E-state index contributed by atoms with van der Waals surface area (Å²) >= 11 is 0. The first kappa shape index (κ1) is 15.5. The summed E-state index contributed by atoms with van der Waals surface area (Å²) in [5, 5.41) is 0. The Morgan fingerprint density at radius 3 is 2.29 bits per heavy atom. The van der Waals surface area contributed by atoms with Gasteiger partial charge in [0.25, 0.3) is 0 Å². The molecule has 0 unspecified atom stereocenters. The van der Waals surface area contributed by atoms with E-state index in [1.54, 1.807) is 43.2 Å². The van der Waals surface area contributed by atoms with Crippen LogP contribution in [0.15, 0.2) is 24.3 Å². The van der Waals surface area contributed by atoms with E-state index in [-0.39, 0.29) is 17.6 Å². The van der Waals surface area contributed by atoms with E-state index in [9.17, 15) is 9.59 Å². The van der Waals surface area contributed by atoms with Crippen LogP contribution in [0.2, 0.25) is 0 Å². The predicted molar refractivity (Wildman–Crippen MR) is 80.3 cm³/mol. The number of nitrogens with two attached hydrogens (primary N) is 1. The molecule has 1 aliphatic heterocycles. The molecule has 5 nitrogen and oxygen atoms in total. The summed E-state index contributed by atoms with van der Waals surface area (Å²) in [6.07, 6.45) is 1.40. The monoisotopic (exact) mass is 290 g/mol. The van der Waals surface area contributed by atoms with Gasteiger partial charge in [-0.3, -0.25) is 9.59 Å². The molecule has 0 aromatic heterocycles. The number of piperidine rings is 1. The van der Waals surface area contributed by atoms with Crippen molar-refractivity contribution in [3.63, 3.8) is 0 Å². The third-order valence-electron chi connectivity index (χ3n) is 3.94. The van der Waals surface area contributed by atoms with Crippen LogP contribution in [-0.4, -0.2) is 42.8 Å². The molecule has 1 aromatic rings. The fraction of sp³-hybridized carbons (Fsp3) is 0.500. The molecule has 114 valence electrons. The van der Waals surface area contributed by atoms with Gasteiger partial charge < -0.3 is 15.4 Å². The second-order valence-corrected chi connectivity index (χ2v) is 5.48. The zero-order chi connectivity index (χ0) is 15.4. The lowest BCUT2D eigenvalue weighted by molar-refractivity contribution is -0.133. The van der Waals surface area contributed by atoms with Gasteiger partial charge in [-0.2, -0.15) is 0 Å². The highest BCUT2D eigenvalue weighted by atomic mass is 16.5. The Balaban J connectivity index is 1.95. The molecular formula is C16H22N2O3. The number of nitrogens with zero attached hydrogens (tertiary/aromatic N) is 1. The van der Waals surface area contributed by atoms with Gasteiger partial charge in [-0.05, 0) is 44.0 Å². The summed E-state index contributed by atoms with van der Waals surface area (Å²) in [7, 11) is 1.60. The molecule has 1 heterocycles. The van der Waals surface area contributed by atoms with E-state index < -0.39 is 6.04 Å². The maximum atomic E-state index is 12.4. The van der Waals surface area contributed by atoms with Gasteiger partial charge in [-0.1, -0.05) is 0 Å². The van der Waals surface area contributed by atoms with Crippen LogP contribution in [0.3, 0.4) is 0 Å². The van der Waals surface area contributed by atoms with Gasteiger partial charge in [0.05, 0.1) is 13.2 Å². The lowest BCUT2D eigenvalue weighted by atomic mass is 9.88. The smallest absolute Gasteiger partial charge is 0.239 e. The molecule has 0 radical (unpaired) electrons. The fourth-order valence-corrected chi connectivity index (χ4v) is 2.64. The van der Waals surface area contributed by atoms with Crippen LogP contribution < -0.4 is 10.5 Å². The van der Waals surface area contributed by atoms with Crippen molar-refractivity contribution in [2.24, 2.45) is 11.7 Å². The van der Waals surface area contributed by atoms with E-state index in [2.05, 4.69) is 0 Å². The molecule has 0 bridgehead atoms. The first-order valence-electron chi connectivity index (χ1n) is 7.25. The molecule has 0 spiro atoms. The molecule has 1 aliphatic rings. The lowest BCUT2D eigenvalue weighted by Gasteiger charge is -2.32. The van der Waals surface area contributed by atoms with Gasteiger partial charge in [0, 0.05) is 24.6 Å². The van der Waals surface area contributed by atoms with Gasteiger partial charge in [-0.15, -0.1) is 0 Å². The van der Waals surface area contributed by atoms with Crippen molar-refractivity contribution in [3.8, 4) is 5.75 Å². The van der Waals surface area contributed by atoms with E-state index in [0.29, 0.717) is 31.5 Å². The molecule has 5 heteroatoms. The number of carbonyl (C=O) groups is 2. The van der Waals surface area contributed by atoms with Crippen LogP contribution in [0.5, 0.6) is 5.75 Å². The third kappa shape index (κ3) is 3.61. The van der Waals surface area contributed by atoms with Gasteiger partial charge in [0.1, 0.15) is 5.75 Å². The number of carbonyl (C=O) groups excluding carboxylic acids is 2. The number of likely N-dealkylation sites (tertiary alicyclic amines) is 1. The molecule has 2 rings (SSSR count). The highest BCUT2D eigenvalue weighted by Crippen LogP contribution is 2.23. The fourth-order valence-electron chi connectivity index (χ4n) is 2.64. The van der Waals surface area contributed by atoms with Crippen molar-refractivity contribution in [3.05, 3.63) is 29.8 Å².